The summed E-state index contributed by atoms with van der Waals surface area (Å²) in [5, 5.41) is 3.17. The van der Waals surface area contributed by atoms with Gasteiger partial charge in [0.05, 0.1) is 11.4 Å². The van der Waals surface area contributed by atoms with E-state index in [-0.39, 0.29) is 0 Å². The van der Waals surface area contributed by atoms with E-state index < -0.39 is 0 Å². The third kappa shape index (κ3) is 3.21. The first-order valence-electron chi connectivity index (χ1n) is 8.11. The quantitative estimate of drug-likeness (QED) is 0.914. The molecule has 0 atom stereocenters. The number of rotatable bonds is 4. The van der Waals surface area contributed by atoms with Crippen molar-refractivity contribution >= 4 is 0 Å². The second-order valence-electron chi connectivity index (χ2n) is 6.63. The van der Waals surface area contributed by atoms with Gasteiger partial charge in [0.15, 0.2) is 0 Å². The predicted octanol–water partition coefficient (Wildman–Crippen LogP) is 2.96. The van der Waals surface area contributed by atoms with Gasteiger partial charge in [0.2, 0.25) is 0 Å². The highest BCUT2D eigenvalue weighted by Gasteiger charge is 2.36. The van der Waals surface area contributed by atoms with Gasteiger partial charge in [-0.3, -0.25) is 9.88 Å². The number of nitrogens with one attached hydrogen (secondary N) is 1. The SMILES string of the molecule is CNCc1cccc(CN2CCC3(CCCC3)CC2)n1. The second-order valence-corrected chi connectivity index (χ2v) is 6.63. The minimum Gasteiger partial charge on any atom is -0.314 e. The molecule has 3 heteroatoms. The average molecular weight is 273 g/mol. The molecule has 1 aromatic rings. The van der Waals surface area contributed by atoms with Crippen molar-refractivity contribution in [2.75, 3.05) is 20.1 Å². The normalized spacial score (nSPS) is 22.4. The first-order valence-corrected chi connectivity index (χ1v) is 8.11. The molecular weight excluding hydrogens is 246 g/mol. The van der Waals surface area contributed by atoms with E-state index in [0.717, 1.165) is 24.2 Å². The molecule has 1 saturated heterocycles. The lowest BCUT2D eigenvalue weighted by Crippen LogP contribution is -2.38. The lowest BCUT2D eigenvalue weighted by molar-refractivity contribution is 0.103. The van der Waals surface area contributed by atoms with E-state index in [1.54, 1.807) is 0 Å². The molecule has 3 rings (SSSR count). The Bertz CT molecular complexity index is 428. The monoisotopic (exact) mass is 273 g/mol. The average Bonchev–Trinajstić information content (AvgIpc) is 2.91. The van der Waals surface area contributed by atoms with E-state index in [1.807, 2.05) is 7.05 Å². The molecule has 0 bridgehead atoms. The van der Waals surface area contributed by atoms with E-state index >= 15 is 0 Å². The molecule has 0 unspecified atom stereocenters. The second kappa shape index (κ2) is 6.23. The number of pyridine rings is 1. The number of piperidine rings is 1. The van der Waals surface area contributed by atoms with Crippen molar-refractivity contribution in [2.45, 2.75) is 51.6 Å². The Morgan fingerprint density at radius 3 is 2.50 bits per heavy atom. The predicted molar refractivity (Wildman–Crippen MR) is 82.4 cm³/mol. The highest BCUT2D eigenvalue weighted by atomic mass is 15.1. The Labute approximate surface area is 122 Å². The maximum atomic E-state index is 4.74. The van der Waals surface area contributed by atoms with Crippen LogP contribution in [0.4, 0.5) is 0 Å². The minimum absolute atomic E-state index is 0.720. The Morgan fingerprint density at radius 2 is 1.80 bits per heavy atom. The van der Waals surface area contributed by atoms with Crippen LogP contribution in [0.15, 0.2) is 18.2 Å². The summed E-state index contributed by atoms with van der Waals surface area (Å²) < 4.78 is 0. The van der Waals surface area contributed by atoms with Gasteiger partial charge in [-0.25, -0.2) is 0 Å². The summed E-state index contributed by atoms with van der Waals surface area (Å²) in [4.78, 5) is 7.33. The molecule has 0 amide bonds. The molecule has 1 saturated carbocycles. The maximum absolute atomic E-state index is 4.74. The van der Waals surface area contributed by atoms with Crippen LogP contribution in [-0.2, 0) is 13.1 Å². The summed E-state index contributed by atoms with van der Waals surface area (Å²) in [6.45, 7) is 4.40. The molecule has 3 nitrogen and oxygen atoms in total. The van der Waals surface area contributed by atoms with Gasteiger partial charge in [-0.05, 0) is 63.4 Å². The number of hydrogen-bond donors (Lipinski definition) is 1. The van der Waals surface area contributed by atoms with E-state index in [9.17, 15) is 0 Å². The van der Waals surface area contributed by atoms with Crippen LogP contribution in [0.3, 0.4) is 0 Å². The van der Waals surface area contributed by atoms with Gasteiger partial charge in [0.1, 0.15) is 0 Å². The number of hydrogen-bond acceptors (Lipinski definition) is 3. The van der Waals surface area contributed by atoms with Crippen molar-refractivity contribution in [3.63, 3.8) is 0 Å². The summed E-state index contributed by atoms with van der Waals surface area (Å²) in [5.41, 5.74) is 3.09. The van der Waals surface area contributed by atoms with E-state index in [4.69, 9.17) is 4.98 Å². The Hall–Kier alpha value is -0.930. The van der Waals surface area contributed by atoms with Gasteiger partial charge in [0.25, 0.3) is 0 Å². The molecule has 1 aliphatic carbocycles. The largest absolute Gasteiger partial charge is 0.314 e. The fourth-order valence-corrected chi connectivity index (χ4v) is 3.94. The smallest absolute Gasteiger partial charge is 0.0547 e. The van der Waals surface area contributed by atoms with Crippen molar-refractivity contribution in [1.29, 1.82) is 0 Å². The van der Waals surface area contributed by atoms with E-state index in [0.29, 0.717) is 0 Å². The summed E-state index contributed by atoms with van der Waals surface area (Å²) in [6.07, 6.45) is 8.71. The molecule has 20 heavy (non-hydrogen) atoms. The highest BCUT2D eigenvalue weighted by Crippen LogP contribution is 2.46. The van der Waals surface area contributed by atoms with Crippen LogP contribution in [0.1, 0.15) is 49.9 Å². The van der Waals surface area contributed by atoms with Crippen LogP contribution in [0.25, 0.3) is 0 Å². The van der Waals surface area contributed by atoms with Crippen molar-refractivity contribution in [1.82, 2.24) is 15.2 Å². The van der Waals surface area contributed by atoms with E-state index in [2.05, 4.69) is 28.4 Å². The van der Waals surface area contributed by atoms with Gasteiger partial charge in [-0.2, -0.15) is 0 Å². The number of aromatic nitrogens is 1. The molecule has 1 N–H and O–H groups in total. The minimum atomic E-state index is 0.720. The fourth-order valence-electron chi connectivity index (χ4n) is 3.94. The first kappa shape index (κ1) is 14.0. The summed E-state index contributed by atoms with van der Waals surface area (Å²) in [7, 11) is 1.97. The molecule has 110 valence electrons. The highest BCUT2D eigenvalue weighted by molar-refractivity contribution is 5.11. The molecule has 2 fully saturated rings. The molecular formula is C17H27N3. The molecule has 1 spiro atoms. The van der Waals surface area contributed by atoms with Crippen LogP contribution in [0.2, 0.25) is 0 Å². The standard InChI is InChI=1S/C17H27N3/c1-18-13-15-5-4-6-16(19-15)14-20-11-9-17(10-12-20)7-2-3-8-17/h4-6,18H,2-3,7-14H2,1H3. The van der Waals surface area contributed by atoms with Crippen molar-refractivity contribution in [2.24, 2.45) is 5.41 Å². The Kier molecular flexibility index (Phi) is 4.37. The lowest BCUT2D eigenvalue weighted by Gasteiger charge is -2.39. The molecule has 0 radical (unpaired) electrons. The number of likely N-dealkylation sites (tertiary alicyclic amines) is 1. The molecule has 2 heterocycles. The van der Waals surface area contributed by atoms with Gasteiger partial charge in [-0.15, -0.1) is 0 Å². The third-order valence-corrected chi connectivity index (χ3v) is 5.19. The van der Waals surface area contributed by atoms with Gasteiger partial charge >= 0.3 is 0 Å². The van der Waals surface area contributed by atoms with Crippen LogP contribution < -0.4 is 5.32 Å². The van der Waals surface area contributed by atoms with Crippen LogP contribution in [-0.4, -0.2) is 30.0 Å². The number of nitrogens with zero attached hydrogens (tertiary/aromatic N) is 2. The Morgan fingerprint density at radius 1 is 1.10 bits per heavy atom. The van der Waals surface area contributed by atoms with Gasteiger partial charge in [0, 0.05) is 13.1 Å². The van der Waals surface area contributed by atoms with Crippen molar-refractivity contribution in [3.05, 3.63) is 29.6 Å². The molecule has 1 aliphatic heterocycles. The van der Waals surface area contributed by atoms with Gasteiger partial charge < -0.3 is 5.32 Å². The van der Waals surface area contributed by atoms with Crippen molar-refractivity contribution < 1.29 is 0 Å². The molecule has 0 aromatic carbocycles. The van der Waals surface area contributed by atoms with Crippen LogP contribution in [0.5, 0.6) is 0 Å². The summed E-state index contributed by atoms with van der Waals surface area (Å²) >= 11 is 0. The topological polar surface area (TPSA) is 28.2 Å². The fraction of sp³-hybridized carbons (Fsp3) is 0.706. The zero-order valence-electron chi connectivity index (χ0n) is 12.7. The van der Waals surface area contributed by atoms with E-state index in [1.165, 1.54) is 57.3 Å². The zero-order valence-corrected chi connectivity index (χ0v) is 12.7. The molecule has 1 aromatic heterocycles. The first-order chi connectivity index (χ1) is 9.80. The zero-order chi connectivity index (χ0) is 13.8. The third-order valence-electron chi connectivity index (χ3n) is 5.19. The van der Waals surface area contributed by atoms with Crippen molar-refractivity contribution in [3.8, 4) is 0 Å². The lowest BCUT2D eigenvalue weighted by atomic mass is 9.77. The Balaban J connectivity index is 1.55. The summed E-state index contributed by atoms with van der Waals surface area (Å²) in [6, 6.07) is 6.40. The molecule has 2 aliphatic rings. The van der Waals surface area contributed by atoms with Gasteiger partial charge in [-0.1, -0.05) is 18.9 Å². The van der Waals surface area contributed by atoms with Crippen LogP contribution >= 0.6 is 0 Å². The van der Waals surface area contributed by atoms with Crippen LogP contribution in [0, 0.1) is 5.41 Å². The maximum Gasteiger partial charge on any atom is 0.0547 e. The summed E-state index contributed by atoms with van der Waals surface area (Å²) in [5.74, 6) is 0.